The lowest BCUT2D eigenvalue weighted by Gasteiger charge is -2.32. The van der Waals surface area contributed by atoms with Crippen LogP contribution in [-0.4, -0.2) is 55.6 Å². The largest absolute Gasteiger partial charge is 0.355 e. The van der Waals surface area contributed by atoms with Crippen LogP contribution in [-0.2, 0) is 32.6 Å². The first-order valence-corrected chi connectivity index (χ1v) is 14.9. The van der Waals surface area contributed by atoms with Crippen molar-refractivity contribution < 1.29 is 18.0 Å². The maximum Gasteiger partial charge on any atom is 0.243 e. The second kappa shape index (κ2) is 14.5. The average molecular weight is 591 g/mol. The van der Waals surface area contributed by atoms with Crippen LogP contribution in [0.5, 0.6) is 0 Å². The number of nitrogens with one attached hydrogen (secondary N) is 1. The highest BCUT2D eigenvalue weighted by atomic mass is 35.5. The lowest BCUT2D eigenvalue weighted by atomic mass is 10.0. The lowest BCUT2D eigenvalue weighted by Crippen LogP contribution is -2.50. The number of sulfonamides is 1. The molecule has 0 aliphatic carbocycles. The Labute approximate surface area is 240 Å². The number of halogens is 2. The molecule has 208 valence electrons. The molecule has 0 bridgehead atoms. The number of carbonyl (C=O) groups excluding carboxylic acids is 2. The minimum Gasteiger partial charge on any atom is -0.355 e. The molecular formula is C29H33Cl2N3O4S. The fourth-order valence-corrected chi connectivity index (χ4v) is 5.94. The van der Waals surface area contributed by atoms with Gasteiger partial charge in [-0.05, 0) is 43.2 Å². The third-order valence-electron chi connectivity index (χ3n) is 6.33. The summed E-state index contributed by atoms with van der Waals surface area (Å²) < 4.78 is 27.0. The Morgan fingerprint density at radius 3 is 2.08 bits per heavy atom. The zero-order valence-electron chi connectivity index (χ0n) is 22.0. The number of hydrogen-bond acceptors (Lipinski definition) is 4. The Morgan fingerprint density at radius 1 is 0.897 bits per heavy atom. The molecule has 0 aromatic heterocycles. The van der Waals surface area contributed by atoms with E-state index < -0.39 is 16.1 Å². The predicted molar refractivity (Wildman–Crippen MR) is 155 cm³/mol. The van der Waals surface area contributed by atoms with Gasteiger partial charge < -0.3 is 10.2 Å². The van der Waals surface area contributed by atoms with Crippen molar-refractivity contribution >= 4 is 45.0 Å². The van der Waals surface area contributed by atoms with Gasteiger partial charge in [-0.25, -0.2) is 12.7 Å². The Kier molecular flexibility index (Phi) is 11.4. The van der Waals surface area contributed by atoms with Crippen molar-refractivity contribution in [3.05, 3.63) is 100 Å². The predicted octanol–water partition coefficient (Wildman–Crippen LogP) is 5.17. The topological polar surface area (TPSA) is 86.8 Å². The second-order valence-electron chi connectivity index (χ2n) is 9.07. The summed E-state index contributed by atoms with van der Waals surface area (Å²) in [4.78, 5) is 28.7. The van der Waals surface area contributed by atoms with Crippen LogP contribution in [0.4, 0.5) is 0 Å². The fraction of sp³-hybridized carbons (Fsp3) is 0.310. The molecule has 7 nitrogen and oxygen atoms in total. The molecule has 0 saturated heterocycles. The van der Waals surface area contributed by atoms with E-state index >= 15 is 0 Å². The summed E-state index contributed by atoms with van der Waals surface area (Å²) in [5, 5.41) is 3.63. The molecule has 0 unspecified atom stereocenters. The van der Waals surface area contributed by atoms with Crippen LogP contribution in [0, 0.1) is 0 Å². The summed E-state index contributed by atoms with van der Waals surface area (Å²) in [6.45, 7) is 2.39. The van der Waals surface area contributed by atoms with Gasteiger partial charge in [-0.1, -0.05) is 77.8 Å². The standard InChI is InChI=1S/C29H33Cl2N3O4S/c1-3-32-29(36)27(20-22-12-6-4-7-13-22)34(21-24-25(30)16-10-17-26(24)31)28(35)18-11-19-33(2)39(37,38)23-14-8-5-9-15-23/h4-10,12-17,27H,3,11,18-21H2,1-2H3,(H,32,36)/t27-/m0/s1. The van der Waals surface area contributed by atoms with Crippen molar-refractivity contribution in [3.63, 3.8) is 0 Å². The minimum atomic E-state index is -3.69. The van der Waals surface area contributed by atoms with Gasteiger partial charge in [0.05, 0.1) is 4.90 Å². The summed E-state index contributed by atoms with van der Waals surface area (Å²) >= 11 is 12.9. The van der Waals surface area contributed by atoms with Crippen LogP contribution in [0.1, 0.15) is 30.9 Å². The molecule has 0 heterocycles. The number of rotatable bonds is 13. The molecule has 0 radical (unpaired) electrons. The zero-order chi connectivity index (χ0) is 28.4. The van der Waals surface area contributed by atoms with Gasteiger partial charge in [-0.3, -0.25) is 9.59 Å². The smallest absolute Gasteiger partial charge is 0.243 e. The molecule has 1 atom stereocenters. The van der Waals surface area contributed by atoms with E-state index in [1.807, 2.05) is 37.3 Å². The Hall–Kier alpha value is -2.91. The fourth-order valence-electron chi connectivity index (χ4n) is 4.19. The van der Waals surface area contributed by atoms with Crippen LogP contribution >= 0.6 is 23.2 Å². The van der Waals surface area contributed by atoms with Crippen molar-refractivity contribution in [1.82, 2.24) is 14.5 Å². The normalized spacial score (nSPS) is 12.2. The minimum absolute atomic E-state index is 0.0292. The van der Waals surface area contributed by atoms with E-state index in [1.165, 1.54) is 28.4 Å². The van der Waals surface area contributed by atoms with Crippen molar-refractivity contribution in [3.8, 4) is 0 Å². The highest BCUT2D eigenvalue weighted by molar-refractivity contribution is 7.89. The Bertz CT molecular complexity index is 1340. The Morgan fingerprint density at radius 2 is 1.49 bits per heavy atom. The molecule has 39 heavy (non-hydrogen) atoms. The molecule has 0 aliphatic heterocycles. The molecule has 0 spiro atoms. The van der Waals surface area contributed by atoms with Crippen molar-refractivity contribution in [2.45, 2.75) is 43.7 Å². The summed E-state index contributed by atoms with van der Waals surface area (Å²) in [6.07, 6.45) is 0.589. The molecule has 10 heteroatoms. The van der Waals surface area contributed by atoms with E-state index in [0.717, 1.165) is 5.56 Å². The number of benzene rings is 3. The highest BCUT2D eigenvalue weighted by Gasteiger charge is 2.31. The molecule has 1 N–H and O–H groups in total. The maximum atomic E-state index is 13.7. The first kappa shape index (κ1) is 30.6. The van der Waals surface area contributed by atoms with Crippen LogP contribution in [0.2, 0.25) is 10.0 Å². The van der Waals surface area contributed by atoms with Gasteiger partial charge in [0.2, 0.25) is 21.8 Å². The molecule has 3 rings (SSSR count). The number of carbonyl (C=O) groups is 2. The summed E-state index contributed by atoms with van der Waals surface area (Å²) in [5.41, 5.74) is 1.44. The molecule has 3 aromatic rings. The first-order valence-electron chi connectivity index (χ1n) is 12.7. The third-order valence-corrected chi connectivity index (χ3v) is 8.91. The van der Waals surface area contributed by atoms with E-state index in [0.29, 0.717) is 28.6 Å². The van der Waals surface area contributed by atoms with Gasteiger partial charge >= 0.3 is 0 Å². The number of likely N-dealkylation sites (N-methyl/N-ethyl adjacent to an activating group) is 1. The van der Waals surface area contributed by atoms with Crippen LogP contribution in [0.3, 0.4) is 0 Å². The first-order chi connectivity index (χ1) is 18.6. The maximum absolute atomic E-state index is 13.7. The van der Waals surface area contributed by atoms with Crippen molar-refractivity contribution in [2.75, 3.05) is 20.1 Å². The van der Waals surface area contributed by atoms with Gasteiger partial charge in [-0.15, -0.1) is 0 Å². The molecule has 3 aromatic carbocycles. The third kappa shape index (κ3) is 8.29. The summed E-state index contributed by atoms with van der Waals surface area (Å²) in [7, 11) is -2.20. The summed E-state index contributed by atoms with van der Waals surface area (Å²) in [5.74, 6) is -0.592. The van der Waals surface area contributed by atoms with E-state index in [1.54, 1.807) is 36.4 Å². The van der Waals surface area contributed by atoms with Gasteiger partial charge in [0.1, 0.15) is 6.04 Å². The van der Waals surface area contributed by atoms with Crippen LogP contribution in [0.15, 0.2) is 83.8 Å². The highest BCUT2D eigenvalue weighted by Crippen LogP contribution is 2.27. The number of nitrogens with zero attached hydrogens (tertiary/aromatic N) is 2. The van der Waals surface area contributed by atoms with Gasteiger partial charge in [0.25, 0.3) is 0 Å². The van der Waals surface area contributed by atoms with E-state index in [-0.39, 0.29) is 42.6 Å². The average Bonchev–Trinajstić information content (AvgIpc) is 2.93. The molecular weight excluding hydrogens is 557 g/mol. The van der Waals surface area contributed by atoms with E-state index in [4.69, 9.17) is 23.2 Å². The van der Waals surface area contributed by atoms with E-state index in [2.05, 4.69) is 5.32 Å². The molecule has 0 saturated carbocycles. The van der Waals surface area contributed by atoms with Crippen LogP contribution in [0.25, 0.3) is 0 Å². The van der Waals surface area contributed by atoms with Crippen molar-refractivity contribution in [2.24, 2.45) is 0 Å². The number of hydrogen-bond donors (Lipinski definition) is 1. The quantitative estimate of drug-likeness (QED) is 0.298. The summed E-state index contributed by atoms with van der Waals surface area (Å²) in [6, 6.07) is 21.9. The van der Waals surface area contributed by atoms with Crippen molar-refractivity contribution in [1.29, 1.82) is 0 Å². The van der Waals surface area contributed by atoms with Gasteiger partial charge in [-0.2, -0.15) is 0 Å². The zero-order valence-corrected chi connectivity index (χ0v) is 24.3. The molecule has 2 amide bonds. The molecule has 0 aliphatic rings. The SMILES string of the molecule is CCNC(=O)[C@H](Cc1ccccc1)N(Cc1c(Cl)cccc1Cl)C(=O)CCCN(C)S(=O)(=O)c1ccccc1. The molecule has 0 fully saturated rings. The van der Waals surface area contributed by atoms with Gasteiger partial charge in [0, 0.05) is 55.1 Å². The Balaban J connectivity index is 1.84. The van der Waals surface area contributed by atoms with E-state index in [9.17, 15) is 18.0 Å². The monoisotopic (exact) mass is 589 g/mol. The second-order valence-corrected chi connectivity index (χ2v) is 11.9. The van der Waals surface area contributed by atoms with Crippen LogP contribution < -0.4 is 5.32 Å². The van der Waals surface area contributed by atoms with Gasteiger partial charge in [0.15, 0.2) is 0 Å². The number of amides is 2. The lowest BCUT2D eigenvalue weighted by molar-refractivity contribution is -0.141.